The number of hydrogen-bond donors (Lipinski definition) is 4. The van der Waals surface area contributed by atoms with E-state index in [4.69, 9.17) is 31.1 Å². The summed E-state index contributed by atoms with van der Waals surface area (Å²) in [5, 5.41) is 17.2. The molecule has 5 N–H and O–H groups in total. The fourth-order valence-corrected chi connectivity index (χ4v) is 7.81. The van der Waals surface area contributed by atoms with Gasteiger partial charge in [0.1, 0.15) is 0 Å². The van der Waals surface area contributed by atoms with Crippen LogP contribution in [0.15, 0.2) is 24.3 Å². The van der Waals surface area contributed by atoms with Crippen LogP contribution in [-0.4, -0.2) is 85.2 Å². The Bertz CT molecular complexity index is 1190. The first-order valence-electron chi connectivity index (χ1n) is 15.9. The zero-order valence-corrected chi connectivity index (χ0v) is 28.9. The van der Waals surface area contributed by atoms with Gasteiger partial charge in [-0.25, -0.2) is 4.79 Å². The number of aliphatic hydroxyl groups excluding tert-OH is 1. The lowest BCUT2D eigenvalue weighted by molar-refractivity contribution is -0.136. The van der Waals surface area contributed by atoms with Crippen molar-refractivity contribution in [1.82, 2.24) is 15.5 Å². The lowest BCUT2D eigenvalue weighted by atomic mass is 9.74. The molecule has 2 unspecified atom stereocenters. The lowest BCUT2D eigenvalue weighted by Gasteiger charge is -2.36. The Labute approximate surface area is 276 Å². The van der Waals surface area contributed by atoms with Gasteiger partial charge < -0.3 is 40.2 Å². The molecule has 15 heteroatoms. The number of nitrogens with two attached hydrogens (primary N) is 1. The number of amides is 4. The molecular formula is C31H50ClN4O9P. The van der Waals surface area contributed by atoms with E-state index < -0.39 is 49.4 Å². The summed E-state index contributed by atoms with van der Waals surface area (Å²) in [5.74, 6) is -3.93. The van der Waals surface area contributed by atoms with Gasteiger partial charge in [-0.1, -0.05) is 55.8 Å². The third-order valence-corrected chi connectivity index (χ3v) is 10.5. The molecule has 0 spiro atoms. The Morgan fingerprint density at radius 2 is 1.76 bits per heavy atom. The Morgan fingerprint density at radius 1 is 1.11 bits per heavy atom. The first-order valence-corrected chi connectivity index (χ1v) is 17.9. The van der Waals surface area contributed by atoms with Crippen molar-refractivity contribution < 1.29 is 42.6 Å². The largest absolute Gasteiger partial charge is 0.436 e. The second-order valence-corrected chi connectivity index (χ2v) is 14.0. The number of nitrogens with zero attached hydrogens (tertiary/aromatic N) is 1. The van der Waals surface area contributed by atoms with Crippen molar-refractivity contribution in [1.29, 1.82) is 0 Å². The molecule has 1 aromatic rings. The predicted molar refractivity (Wildman–Crippen MR) is 174 cm³/mol. The summed E-state index contributed by atoms with van der Waals surface area (Å²) in [6, 6.07) is 5.87. The smallest absolute Gasteiger partial charge is 0.405 e. The van der Waals surface area contributed by atoms with Crippen LogP contribution in [0.3, 0.4) is 0 Å². The highest BCUT2D eigenvalue weighted by Gasteiger charge is 2.44. The maximum Gasteiger partial charge on any atom is 0.405 e. The van der Waals surface area contributed by atoms with Gasteiger partial charge in [0.05, 0.1) is 25.8 Å². The van der Waals surface area contributed by atoms with Crippen LogP contribution < -0.4 is 16.4 Å². The van der Waals surface area contributed by atoms with Crippen molar-refractivity contribution in [2.45, 2.75) is 90.1 Å². The number of halogens is 1. The number of likely N-dealkylation sites (N-methyl/N-ethyl adjacent to an activating group) is 2. The van der Waals surface area contributed by atoms with Gasteiger partial charge in [0, 0.05) is 31.0 Å². The molecule has 0 radical (unpaired) electrons. The van der Waals surface area contributed by atoms with Crippen molar-refractivity contribution in [2.75, 3.05) is 33.4 Å². The molecule has 0 aliphatic heterocycles. The van der Waals surface area contributed by atoms with Crippen LogP contribution in [0.1, 0.15) is 71.3 Å². The number of hydrogen-bond acceptors (Lipinski definition) is 9. The quantitative estimate of drug-likeness (QED) is 0.156. The van der Waals surface area contributed by atoms with E-state index in [0.29, 0.717) is 18.0 Å². The molecular weight excluding hydrogens is 639 g/mol. The Hall–Kier alpha value is -2.70. The fraction of sp³-hybridized carbons (Fsp3) is 0.677. The van der Waals surface area contributed by atoms with E-state index in [0.717, 1.165) is 37.7 Å². The van der Waals surface area contributed by atoms with E-state index in [1.165, 1.54) is 11.9 Å². The number of primary amides is 1. The van der Waals surface area contributed by atoms with Crippen molar-refractivity contribution in [3.63, 3.8) is 0 Å². The highest BCUT2D eigenvalue weighted by atomic mass is 35.5. The molecule has 4 atom stereocenters. The average Bonchev–Trinajstić information content (AvgIpc) is 3.01. The van der Waals surface area contributed by atoms with Gasteiger partial charge in [0.2, 0.25) is 11.8 Å². The molecule has 0 bridgehead atoms. The molecule has 2 rings (SSSR count). The van der Waals surface area contributed by atoms with Crippen LogP contribution in [0.5, 0.6) is 0 Å². The van der Waals surface area contributed by atoms with E-state index in [1.54, 1.807) is 39.0 Å². The minimum atomic E-state index is -4.20. The second-order valence-electron chi connectivity index (χ2n) is 11.4. The van der Waals surface area contributed by atoms with E-state index in [1.807, 2.05) is 6.07 Å². The van der Waals surface area contributed by atoms with Gasteiger partial charge in [0.25, 0.3) is 5.91 Å². The van der Waals surface area contributed by atoms with Crippen molar-refractivity contribution in [2.24, 2.45) is 17.6 Å². The van der Waals surface area contributed by atoms with Crippen LogP contribution in [0, 0.1) is 11.8 Å². The zero-order valence-electron chi connectivity index (χ0n) is 27.2. The third-order valence-electron chi connectivity index (χ3n) is 7.99. The standard InChI is InChI=1S/C31H50ClN4O9P/c1-5-34-26(37)20-36(4)27(38)17-16-25(30(40)46(42,43-6-2)44-7-3)35-29(39)28(45-31(33)41)24(22-13-9-8-10-14-22)19-21-12-11-15-23(32)18-21/h11-12,15,18,22,24-25,28,30,40H,5-10,13-14,16-17,19-20H2,1-4H3,(H2,33,41)(H,34,37)(H,35,39)/t24?,25-,28-,30?/m0/s1. The number of benzene rings is 1. The molecule has 0 saturated heterocycles. The molecule has 260 valence electrons. The first kappa shape index (κ1) is 39.5. The summed E-state index contributed by atoms with van der Waals surface area (Å²) in [6.45, 7) is 5.01. The summed E-state index contributed by atoms with van der Waals surface area (Å²) < 4.78 is 29.8. The van der Waals surface area contributed by atoms with Crippen LogP contribution in [0.2, 0.25) is 5.02 Å². The lowest BCUT2D eigenvalue weighted by Crippen LogP contribution is -2.52. The molecule has 0 heterocycles. The van der Waals surface area contributed by atoms with Gasteiger partial charge in [0.15, 0.2) is 11.9 Å². The predicted octanol–water partition coefficient (Wildman–Crippen LogP) is 3.99. The summed E-state index contributed by atoms with van der Waals surface area (Å²) >= 11 is 6.25. The minimum absolute atomic E-state index is 0.00801. The van der Waals surface area contributed by atoms with E-state index >= 15 is 0 Å². The molecule has 1 saturated carbocycles. The number of rotatable bonds is 19. The molecule has 46 heavy (non-hydrogen) atoms. The summed E-state index contributed by atoms with van der Waals surface area (Å²) in [6.07, 6.45) is 1.95. The van der Waals surface area contributed by atoms with Crippen LogP contribution >= 0.6 is 19.2 Å². The van der Waals surface area contributed by atoms with Crippen molar-refractivity contribution >= 4 is 43.0 Å². The number of nitrogens with one attached hydrogen (secondary N) is 2. The summed E-state index contributed by atoms with van der Waals surface area (Å²) in [5.41, 5.74) is 6.31. The van der Waals surface area contributed by atoms with Gasteiger partial charge in [-0.05, 0) is 57.2 Å². The van der Waals surface area contributed by atoms with Gasteiger partial charge in [-0.15, -0.1) is 0 Å². The summed E-state index contributed by atoms with van der Waals surface area (Å²) in [4.78, 5) is 52.4. The zero-order chi connectivity index (χ0) is 34.3. The van der Waals surface area contributed by atoms with Gasteiger partial charge in [-0.2, -0.15) is 0 Å². The first-order chi connectivity index (χ1) is 21.8. The maximum atomic E-state index is 14.1. The van der Waals surface area contributed by atoms with Crippen molar-refractivity contribution in [3.8, 4) is 0 Å². The Balaban J connectivity index is 2.43. The average molecular weight is 689 g/mol. The molecule has 13 nitrogen and oxygen atoms in total. The van der Waals surface area contributed by atoms with E-state index in [-0.39, 0.29) is 44.4 Å². The number of aliphatic hydroxyl groups is 1. The summed E-state index contributed by atoms with van der Waals surface area (Å²) in [7, 11) is -2.75. The number of ether oxygens (including phenoxy) is 1. The molecule has 4 amide bonds. The van der Waals surface area contributed by atoms with Crippen LogP contribution in [0.25, 0.3) is 0 Å². The van der Waals surface area contributed by atoms with Gasteiger partial charge >= 0.3 is 13.7 Å². The second kappa shape index (κ2) is 19.8. The van der Waals surface area contributed by atoms with Crippen LogP contribution in [-0.2, 0) is 39.2 Å². The van der Waals surface area contributed by atoms with Gasteiger partial charge in [-0.3, -0.25) is 18.9 Å². The monoisotopic (exact) mass is 688 g/mol. The topological polar surface area (TPSA) is 187 Å². The molecule has 0 aromatic heterocycles. The van der Waals surface area contributed by atoms with E-state index in [9.17, 15) is 28.8 Å². The SMILES string of the molecule is CCNC(=O)CN(C)C(=O)CC[C@H](NC(=O)[C@@H](OC(N)=O)C(Cc1cccc(Cl)c1)C1CCCCC1)C(O)P(=O)(OCC)OCC. The minimum Gasteiger partial charge on any atom is -0.436 e. The molecule has 1 aromatic carbocycles. The fourth-order valence-electron chi connectivity index (χ4n) is 5.84. The Morgan fingerprint density at radius 3 is 2.33 bits per heavy atom. The maximum absolute atomic E-state index is 14.1. The molecule has 1 aliphatic carbocycles. The highest BCUT2D eigenvalue weighted by Crippen LogP contribution is 2.53. The van der Waals surface area contributed by atoms with Crippen molar-refractivity contribution in [3.05, 3.63) is 34.9 Å². The highest BCUT2D eigenvalue weighted by molar-refractivity contribution is 7.54. The number of carbonyl (C=O) groups excluding carboxylic acids is 4. The number of carbonyl (C=O) groups is 4. The van der Waals surface area contributed by atoms with Crippen LogP contribution in [0.4, 0.5) is 4.79 Å². The molecule has 1 aliphatic rings. The molecule has 1 fully saturated rings. The normalized spacial score (nSPS) is 16.5. The third kappa shape index (κ3) is 12.5. The Kier molecular flexibility index (Phi) is 17.0. The van der Waals surface area contributed by atoms with E-state index in [2.05, 4.69) is 10.6 Å².